The molecule has 8 nitrogen and oxygen atoms in total. The van der Waals surface area contributed by atoms with Crippen LogP contribution >= 0.6 is 0 Å². The smallest absolute Gasteiger partial charge is 0.244 e. The fraction of sp³-hybridized carbons (Fsp3) is 0.364. The van der Waals surface area contributed by atoms with Crippen LogP contribution in [0.5, 0.6) is 5.75 Å². The molecule has 0 aliphatic carbocycles. The van der Waals surface area contributed by atoms with Crippen LogP contribution in [0.1, 0.15) is 11.4 Å². The van der Waals surface area contributed by atoms with Crippen LogP contribution in [0.25, 0.3) is 0 Å². The van der Waals surface area contributed by atoms with Gasteiger partial charge in [0.05, 0.1) is 7.11 Å². The van der Waals surface area contributed by atoms with Crippen molar-refractivity contribution in [1.29, 1.82) is 0 Å². The van der Waals surface area contributed by atoms with E-state index < -0.39 is 10.0 Å². The summed E-state index contributed by atoms with van der Waals surface area (Å²) in [5.74, 6) is 0.756. The number of sulfonamides is 1. The number of H-pyrrole nitrogens is 1. The van der Waals surface area contributed by atoms with Crippen molar-refractivity contribution in [3.8, 4) is 5.75 Å². The van der Waals surface area contributed by atoms with Crippen LogP contribution in [0.3, 0.4) is 0 Å². The van der Waals surface area contributed by atoms with Gasteiger partial charge in [-0.2, -0.15) is 5.21 Å². The molecular formula is C11H15N5O3S. The van der Waals surface area contributed by atoms with Crippen LogP contribution < -0.4 is 9.46 Å². The molecule has 0 aliphatic heterocycles. The quantitative estimate of drug-likeness (QED) is 0.779. The van der Waals surface area contributed by atoms with Crippen LogP contribution in [0.4, 0.5) is 0 Å². The Balaban J connectivity index is 2.11. The van der Waals surface area contributed by atoms with E-state index >= 15 is 0 Å². The lowest BCUT2D eigenvalue weighted by Gasteiger charge is -2.11. The highest BCUT2D eigenvalue weighted by molar-refractivity contribution is 7.89. The highest BCUT2D eigenvalue weighted by Crippen LogP contribution is 2.24. The van der Waals surface area contributed by atoms with Gasteiger partial charge in [0.2, 0.25) is 10.0 Å². The number of ether oxygens (including phenoxy) is 1. The third-order valence-corrected chi connectivity index (χ3v) is 4.12. The van der Waals surface area contributed by atoms with Gasteiger partial charge in [0.25, 0.3) is 0 Å². The minimum Gasteiger partial charge on any atom is -0.495 e. The van der Waals surface area contributed by atoms with Gasteiger partial charge in [-0.3, -0.25) is 0 Å². The number of aromatic amines is 1. The summed E-state index contributed by atoms with van der Waals surface area (Å²) in [6.45, 7) is 2.00. The Labute approximate surface area is 116 Å². The highest BCUT2D eigenvalue weighted by Gasteiger charge is 2.19. The van der Waals surface area contributed by atoms with Gasteiger partial charge in [-0.05, 0) is 24.6 Å². The number of nitrogens with one attached hydrogen (secondary N) is 2. The number of nitrogens with zero attached hydrogens (tertiary/aromatic N) is 3. The number of tetrazole rings is 1. The van der Waals surface area contributed by atoms with E-state index in [0.717, 1.165) is 5.56 Å². The van der Waals surface area contributed by atoms with Crippen LogP contribution in [-0.2, 0) is 16.4 Å². The van der Waals surface area contributed by atoms with Crippen LogP contribution in [0, 0.1) is 6.92 Å². The summed E-state index contributed by atoms with van der Waals surface area (Å²) < 4.78 is 32.0. The lowest BCUT2D eigenvalue weighted by atomic mass is 10.2. The molecule has 1 aromatic carbocycles. The number of hydrogen-bond donors (Lipinski definition) is 2. The topological polar surface area (TPSA) is 110 Å². The molecule has 0 saturated heterocycles. The van der Waals surface area contributed by atoms with E-state index in [0.29, 0.717) is 18.0 Å². The van der Waals surface area contributed by atoms with E-state index in [2.05, 4.69) is 25.3 Å². The molecule has 0 radical (unpaired) electrons. The van der Waals surface area contributed by atoms with Gasteiger partial charge in [0.1, 0.15) is 10.6 Å². The summed E-state index contributed by atoms with van der Waals surface area (Å²) >= 11 is 0. The van der Waals surface area contributed by atoms with Crippen molar-refractivity contribution >= 4 is 10.0 Å². The first kappa shape index (κ1) is 14.4. The summed E-state index contributed by atoms with van der Waals surface area (Å²) in [5.41, 5.74) is 0.837. The first-order chi connectivity index (χ1) is 9.53. The third-order valence-electron chi connectivity index (χ3n) is 2.64. The highest BCUT2D eigenvalue weighted by atomic mass is 32.2. The zero-order chi connectivity index (χ0) is 14.6. The second kappa shape index (κ2) is 5.97. The van der Waals surface area contributed by atoms with Crippen molar-refractivity contribution in [2.75, 3.05) is 13.7 Å². The van der Waals surface area contributed by atoms with Crippen LogP contribution in [0.15, 0.2) is 23.1 Å². The predicted molar refractivity (Wildman–Crippen MR) is 70.8 cm³/mol. The maximum absolute atomic E-state index is 12.2. The molecule has 9 heteroatoms. The summed E-state index contributed by atoms with van der Waals surface area (Å²) in [7, 11) is -2.21. The fourth-order valence-corrected chi connectivity index (χ4v) is 2.94. The molecule has 0 spiro atoms. The SMILES string of the molecule is COc1ccc(C)cc1S(=O)(=O)NCCc1nn[nH]n1. The maximum Gasteiger partial charge on any atom is 0.244 e. The second-order valence-corrected chi connectivity index (χ2v) is 5.87. The average Bonchev–Trinajstić information content (AvgIpc) is 2.91. The molecule has 2 rings (SSSR count). The largest absolute Gasteiger partial charge is 0.495 e. The van der Waals surface area contributed by atoms with E-state index in [9.17, 15) is 8.42 Å². The van der Waals surface area contributed by atoms with E-state index in [1.165, 1.54) is 7.11 Å². The fourth-order valence-electron chi connectivity index (χ4n) is 1.66. The van der Waals surface area contributed by atoms with E-state index in [1.54, 1.807) is 18.2 Å². The molecule has 0 aliphatic rings. The monoisotopic (exact) mass is 297 g/mol. The Hall–Kier alpha value is -2.00. The molecular weight excluding hydrogens is 282 g/mol. The second-order valence-electron chi connectivity index (χ2n) is 4.13. The molecule has 0 fully saturated rings. The van der Waals surface area contributed by atoms with Gasteiger partial charge < -0.3 is 4.74 Å². The van der Waals surface area contributed by atoms with Gasteiger partial charge in [-0.25, -0.2) is 13.1 Å². The summed E-state index contributed by atoms with van der Waals surface area (Å²) in [6, 6.07) is 4.98. The molecule has 0 bridgehead atoms. The summed E-state index contributed by atoms with van der Waals surface area (Å²) in [6.07, 6.45) is 0.351. The van der Waals surface area contributed by atoms with Crippen LogP contribution in [-0.4, -0.2) is 42.7 Å². The third kappa shape index (κ3) is 3.31. The molecule has 2 aromatic rings. The number of hydrogen-bond acceptors (Lipinski definition) is 6. The number of benzene rings is 1. The molecule has 2 N–H and O–H groups in total. The zero-order valence-electron chi connectivity index (χ0n) is 11.1. The minimum absolute atomic E-state index is 0.119. The summed E-state index contributed by atoms with van der Waals surface area (Å²) in [5, 5.41) is 13.2. The lowest BCUT2D eigenvalue weighted by Crippen LogP contribution is -2.26. The molecule has 1 heterocycles. The van der Waals surface area contributed by atoms with Crippen molar-refractivity contribution in [3.05, 3.63) is 29.6 Å². The van der Waals surface area contributed by atoms with Crippen molar-refractivity contribution in [1.82, 2.24) is 25.3 Å². The minimum atomic E-state index is -3.64. The van der Waals surface area contributed by atoms with Crippen molar-refractivity contribution in [2.45, 2.75) is 18.2 Å². The molecule has 1 aromatic heterocycles. The van der Waals surface area contributed by atoms with Crippen molar-refractivity contribution in [2.24, 2.45) is 0 Å². The Bertz CT molecular complexity index is 669. The van der Waals surface area contributed by atoms with Gasteiger partial charge in [-0.15, -0.1) is 10.2 Å². The zero-order valence-corrected chi connectivity index (χ0v) is 11.9. The molecule has 0 saturated carbocycles. The lowest BCUT2D eigenvalue weighted by molar-refractivity contribution is 0.402. The number of methoxy groups -OCH3 is 1. The molecule has 0 atom stereocenters. The normalized spacial score (nSPS) is 11.5. The Morgan fingerprint density at radius 3 is 2.85 bits per heavy atom. The van der Waals surface area contributed by atoms with E-state index in [-0.39, 0.29) is 11.4 Å². The average molecular weight is 297 g/mol. The van der Waals surface area contributed by atoms with E-state index in [1.807, 2.05) is 6.92 Å². The first-order valence-corrected chi connectivity index (χ1v) is 7.38. The van der Waals surface area contributed by atoms with E-state index in [4.69, 9.17) is 4.74 Å². The predicted octanol–water partition coefficient (Wildman–Crippen LogP) is 0.0377. The van der Waals surface area contributed by atoms with Gasteiger partial charge in [0.15, 0.2) is 5.82 Å². The molecule has 20 heavy (non-hydrogen) atoms. The van der Waals surface area contributed by atoms with Gasteiger partial charge in [-0.1, -0.05) is 11.3 Å². The maximum atomic E-state index is 12.2. The number of aryl methyl sites for hydroxylation is 1. The molecule has 0 unspecified atom stereocenters. The number of rotatable bonds is 6. The number of aromatic nitrogens is 4. The first-order valence-electron chi connectivity index (χ1n) is 5.89. The van der Waals surface area contributed by atoms with Gasteiger partial charge in [0, 0.05) is 13.0 Å². The Kier molecular flexibility index (Phi) is 4.30. The molecule has 0 amide bonds. The standard InChI is InChI=1S/C11H15N5O3S/c1-8-3-4-9(19-2)10(7-8)20(17,18)12-6-5-11-13-15-16-14-11/h3-4,7,12H,5-6H2,1-2H3,(H,13,14,15,16). The van der Waals surface area contributed by atoms with Crippen molar-refractivity contribution < 1.29 is 13.2 Å². The molecule has 108 valence electrons. The van der Waals surface area contributed by atoms with Crippen LogP contribution in [0.2, 0.25) is 0 Å². The summed E-state index contributed by atoms with van der Waals surface area (Å²) in [4.78, 5) is 0.119. The Morgan fingerprint density at radius 2 is 2.20 bits per heavy atom. The van der Waals surface area contributed by atoms with Gasteiger partial charge >= 0.3 is 0 Å². The van der Waals surface area contributed by atoms with Crippen molar-refractivity contribution in [3.63, 3.8) is 0 Å². The Morgan fingerprint density at radius 1 is 1.40 bits per heavy atom.